The van der Waals surface area contributed by atoms with Crippen LogP contribution in [0.25, 0.3) is 0 Å². The molecule has 0 aliphatic heterocycles. The van der Waals surface area contributed by atoms with E-state index in [2.05, 4.69) is 4.98 Å². The molecule has 2 rings (SSSR count). The molecule has 0 N–H and O–H groups in total. The number of hydrogen-bond acceptors (Lipinski definition) is 3. The predicted molar refractivity (Wildman–Crippen MR) is 65.6 cm³/mol. The van der Waals surface area contributed by atoms with Crippen molar-refractivity contribution < 1.29 is 9.53 Å². The maximum absolute atomic E-state index is 10.8. The van der Waals surface area contributed by atoms with Crippen molar-refractivity contribution in [3.05, 3.63) is 53.2 Å². The van der Waals surface area contributed by atoms with E-state index >= 15 is 0 Å². The van der Waals surface area contributed by atoms with Crippen LogP contribution in [0.3, 0.4) is 0 Å². The van der Waals surface area contributed by atoms with Crippen molar-refractivity contribution in [2.45, 2.75) is 13.8 Å². The zero-order valence-electron chi connectivity index (χ0n) is 9.81. The third-order valence-electron chi connectivity index (χ3n) is 2.69. The maximum atomic E-state index is 10.8. The van der Waals surface area contributed by atoms with Crippen LogP contribution in [0.4, 0.5) is 0 Å². The number of benzene rings is 1. The molecule has 86 valence electrons. The van der Waals surface area contributed by atoms with Crippen LogP contribution >= 0.6 is 0 Å². The van der Waals surface area contributed by atoms with Gasteiger partial charge in [0.1, 0.15) is 5.75 Å². The fourth-order valence-corrected chi connectivity index (χ4v) is 1.52. The van der Waals surface area contributed by atoms with Crippen molar-refractivity contribution in [2.24, 2.45) is 0 Å². The second kappa shape index (κ2) is 4.78. The second-order valence-corrected chi connectivity index (χ2v) is 3.82. The number of ether oxygens (including phenoxy) is 1. The SMILES string of the molecule is Cc1cccc(Oc2ncccc2C=O)c1C. The van der Waals surface area contributed by atoms with Gasteiger partial charge in [-0.3, -0.25) is 4.79 Å². The molecule has 0 atom stereocenters. The third-order valence-corrected chi connectivity index (χ3v) is 2.69. The Morgan fingerprint density at radius 3 is 2.76 bits per heavy atom. The third kappa shape index (κ3) is 2.33. The number of pyridine rings is 1. The Morgan fingerprint density at radius 2 is 2.00 bits per heavy atom. The largest absolute Gasteiger partial charge is 0.438 e. The Labute approximate surface area is 100 Å². The predicted octanol–water partition coefficient (Wildman–Crippen LogP) is 3.30. The Bertz CT molecular complexity index is 550. The molecular formula is C14H13NO2. The van der Waals surface area contributed by atoms with Gasteiger partial charge in [-0.15, -0.1) is 0 Å². The van der Waals surface area contributed by atoms with Crippen LogP contribution in [0.2, 0.25) is 0 Å². The van der Waals surface area contributed by atoms with Gasteiger partial charge >= 0.3 is 0 Å². The molecule has 3 heteroatoms. The summed E-state index contributed by atoms with van der Waals surface area (Å²) in [7, 11) is 0. The van der Waals surface area contributed by atoms with Crippen molar-refractivity contribution in [1.82, 2.24) is 4.98 Å². The van der Waals surface area contributed by atoms with Gasteiger partial charge in [-0.2, -0.15) is 0 Å². The average Bonchev–Trinajstić information content (AvgIpc) is 2.35. The van der Waals surface area contributed by atoms with E-state index in [1.54, 1.807) is 18.3 Å². The maximum Gasteiger partial charge on any atom is 0.229 e. The van der Waals surface area contributed by atoms with E-state index in [0.717, 1.165) is 23.2 Å². The zero-order valence-corrected chi connectivity index (χ0v) is 9.81. The highest BCUT2D eigenvalue weighted by molar-refractivity contribution is 5.78. The minimum atomic E-state index is 0.344. The molecule has 1 aromatic heterocycles. The molecule has 1 aromatic carbocycles. The molecule has 1 heterocycles. The average molecular weight is 227 g/mol. The number of aryl methyl sites for hydroxylation is 1. The lowest BCUT2D eigenvalue weighted by molar-refractivity contribution is 0.112. The summed E-state index contributed by atoms with van der Waals surface area (Å²) in [6, 6.07) is 9.19. The molecule has 0 amide bonds. The molecule has 0 spiro atoms. The smallest absolute Gasteiger partial charge is 0.229 e. The van der Waals surface area contributed by atoms with Gasteiger partial charge in [-0.25, -0.2) is 4.98 Å². The molecule has 0 radical (unpaired) electrons. The van der Waals surface area contributed by atoms with Gasteiger partial charge < -0.3 is 4.74 Å². The first-order chi connectivity index (χ1) is 8.22. The van der Waals surface area contributed by atoms with E-state index in [-0.39, 0.29) is 0 Å². The summed E-state index contributed by atoms with van der Waals surface area (Å²) in [6.07, 6.45) is 2.35. The van der Waals surface area contributed by atoms with E-state index in [4.69, 9.17) is 4.74 Å². The summed E-state index contributed by atoms with van der Waals surface area (Å²) in [6.45, 7) is 4.00. The van der Waals surface area contributed by atoms with Gasteiger partial charge in [0.25, 0.3) is 0 Å². The number of rotatable bonds is 3. The summed E-state index contributed by atoms with van der Waals surface area (Å²) < 4.78 is 5.67. The molecule has 0 aliphatic rings. The number of aldehydes is 1. The van der Waals surface area contributed by atoms with Gasteiger partial charge in [0, 0.05) is 6.20 Å². The molecule has 0 unspecified atom stereocenters. The standard InChI is InChI=1S/C14H13NO2/c1-10-5-3-7-13(11(10)2)17-14-12(9-16)6-4-8-15-14/h3-9H,1-2H3. The highest BCUT2D eigenvalue weighted by atomic mass is 16.5. The molecular weight excluding hydrogens is 214 g/mol. The fourth-order valence-electron chi connectivity index (χ4n) is 1.52. The number of nitrogens with zero attached hydrogens (tertiary/aromatic N) is 1. The summed E-state index contributed by atoms with van der Waals surface area (Å²) in [5.41, 5.74) is 2.65. The van der Waals surface area contributed by atoms with Gasteiger partial charge in [0.2, 0.25) is 5.88 Å². The van der Waals surface area contributed by atoms with E-state index in [9.17, 15) is 4.79 Å². The van der Waals surface area contributed by atoms with E-state index in [1.165, 1.54) is 0 Å². The monoisotopic (exact) mass is 227 g/mol. The van der Waals surface area contributed by atoms with Crippen LogP contribution in [0.1, 0.15) is 21.5 Å². The normalized spacial score (nSPS) is 10.0. The molecule has 17 heavy (non-hydrogen) atoms. The highest BCUT2D eigenvalue weighted by Gasteiger charge is 2.07. The topological polar surface area (TPSA) is 39.2 Å². The molecule has 3 nitrogen and oxygen atoms in total. The van der Waals surface area contributed by atoms with Crippen molar-refractivity contribution in [1.29, 1.82) is 0 Å². The molecule has 0 aliphatic carbocycles. The van der Waals surface area contributed by atoms with Crippen LogP contribution in [0.5, 0.6) is 11.6 Å². The first-order valence-corrected chi connectivity index (χ1v) is 5.36. The minimum absolute atomic E-state index is 0.344. The first kappa shape index (κ1) is 11.3. The summed E-state index contributed by atoms with van der Waals surface area (Å²) in [5.74, 6) is 1.07. The van der Waals surface area contributed by atoms with E-state index in [0.29, 0.717) is 11.4 Å². The molecule has 0 saturated heterocycles. The van der Waals surface area contributed by atoms with Gasteiger partial charge in [0.15, 0.2) is 6.29 Å². The Hall–Kier alpha value is -2.16. The van der Waals surface area contributed by atoms with Crippen LogP contribution in [0, 0.1) is 13.8 Å². The summed E-state index contributed by atoms with van der Waals surface area (Å²) >= 11 is 0. The van der Waals surface area contributed by atoms with Gasteiger partial charge in [-0.1, -0.05) is 12.1 Å². The number of aromatic nitrogens is 1. The lowest BCUT2D eigenvalue weighted by Gasteiger charge is -2.10. The summed E-state index contributed by atoms with van der Waals surface area (Å²) in [5, 5.41) is 0. The number of carbonyl (C=O) groups excluding carboxylic acids is 1. The Balaban J connectivity index is 2.38. The van der Waals surface area contributed by atoms with Crippen LogP contribution in [-0.2, 0) is 0 Å². The van der Waals surface area contributed by atoms with E-state index < -0.39 is 0 Å². The fraction of sp³-hybridized carbons (Fsp3) is 0.143. The molecule has 0 fully saturated rings. The number of carbonyl (C=O) groups is 1. The van der Waals surface area contributed by atoms with Crippen LogP contribution < -0.4 is 4.74 Å². The molecule has 0 saturated carbocycles. The quantitative estimate of drug-likeness (QED) is 0.755. The zero-order chi connectivity index (χ0) is 12.3. The highest BCUT2D eigenvalue weighted by Crippen LogP contribution is 2.26. The Kier molecular flexibility index (Phi) is 3.19. The van der Waals surface area contributed by atoms with E-state index in [1.807, 2.05) is 32.0 Å². The van der Waals surface area contributed by atoms with Crippen molar-refractivity contribution >= 4 is 6.29 Å². The summed E-state index contributed by atoms with van der Waals surface area (Å²) in [4.78, 5) is 14.9. The van der Waals surface area contributed by atoms with Crippen LogP contribution in [-0.4, -0.2) is 11.3 Å². The van der Waals surface area contributed by atoms with Crippen molar-refractivity contribution in [3.8, 4) is 11.6 Å². The van der Waals surface area contributed by atoms with Crippen molar-refractivity contribution in [3.63, 3.8) is 0 Å². The molecule has 0 bridgehead atoms. The van der Waals surface area contributed by atoms with Crippen molar-refractivity contribution in [2.75, 3.05) is 0 Å². The first-order valence-electron chi connectivity index (χ1n) is 5.36. The number of hydrogen-bond donors (Lipinski definition) is 0. The molecule has 2 aromatic rings. The van der Waals surface area contributed by atoms with Gasteiger partial charge in [0.05, 0.1) is 5.56 Å². The Morgan fingerprint density at radius 1 is 1.18 bits per heavy atom. The minimum Gasteiger partial charge on any atom is -0.438 e. The van der Waals surface area contributed by atoms with Gasteiger partial charge in [-0.05, 0) is 43.2 Å². The lowest BCUT2D eigenvalue weighted by atomic mass is 10.1. The van der Waals surface area contributed by atoms with Crippen LogP contribution in [0.15, 0.2) is 36.5 Å². The second-order valence-electron chi connectivity index (χ2n) is 3.82. The lowest BCUT2D eigenvalue weighted by Crippen LogP contribution is -1.95.